The number of rotatable bonds is 2. The maximum atomic E-state index is 11.7. The molecule has 1 N–H and O–H groups in total. The Hall–Kier alpha value is -1.56. The van der Waals surface area contributed by atoms with Crippen LogP contribution in [-0.2, 0) is 4.84 Å². The van der Waals surface area contributed by atoms with E-state index in [4.69, 9.17) is 23.2 Å². The number of halogens is 2. The van der Waals surface area contributed by atoms with Crippen molar-refractivity contribution in [3.63, 3.8) is 0 Å². The van der Waals surface area contributed by atoms with Gasteiger partial charge in [-0.15, -0.1) is 11.3 Å². The normalized spacial score (nSPS) is 10.0. The zero-order chi connectivity index (χ0) is 13.8. The summed E-state index contributed by atoms with van der Waals surface area (Å²) in [5.74, 6) is -1.28. The minimum absolute atomic E-state index is 0.0839. The van der Waals surface area contributed by atoms with Gasteiger partial charge in [-0.3, -0.25) is 4.79 Å². The highest BCUT2D eigenvalue weighted by molar-refractivity contribution is 7.12. The van der Waals surface area contributed by atoms with E-state index in [2.05, 4.69) is 10.3 Å². The molecule has 1 heterocycles. The van der Waals surface area contributed by atoms with Crippen molar-refractivity contribution in [3.8, 4) is 0 Å². The lowest BCUT2D eigenvalue weighted by Gasteiger charge is -2.06. The third kappa shape index (κ3) is 3.47. The number of carbonyl (C=O) groups excluding carboxylic acids is 2. The van der Waals surface area contributed by atoms with Crippen LogP contribution in [0.15, 0.2) is 35.7 Å². The Kier molecular flexibility index (Phi) is 4.42. The molecule has 1 amide bonds. The van der Waals surface area contributed by atoms with Crippen molar-refractivity contribution in [2.24, 2.45) is 0 Å². The Labute approximate surface area is 122 Å². The quantitative estimate of drug-likeness (QED) is 0.862. The van der Waals surface area contributed by atoms with Crippen molar-refractivity contribution >= 4 is 46.4 Å². The summed E-state index contributed by atoms with van der Waals surface area (Å²) in [4.78, 5) is 28.4. The SMILES string of the molecule is O=C(NOC(=O)c1cc(Cl)ccc1Cl)c1cccs1. The molecule has 0 fully saturated rings. The van der Waals surface area contributed by atoms with Crippen LogP contribution in [0.2, 0.25) is 10.0 Å². The van der Waals surface area contributed by atoms with Crippen molar-refractivity contribution in [3.05, 3.63) is 56.2 Å². The molecule has 0 atom stereocenters. The molecule has 1 aromatic heterocycles. The van der Waals surface area contributed by atoms with Crippen molar-refractivity contribution in [2.75, 3.05) is 0 Å². The second kappa shape index (κ2) is 6.06. The predicted octanol–water partition coefficient (Wildman–Crippen LogP) is 3.56. The number of benzene rings is 1. The van der Waals surface area contributed by atoms with Crippen LogP contribution in [0, 0.1) is 0 Å². The van der Waals surface area contributed by atoms with Crippen LogP contribution in [0.3, 0.4) is 0 Å². The first-order valence-electron chi connectivity index (χ1n) is 5.08. The molecular weight excluding hydrogens is 309 g/mol. The second-order valence-electron chi connectivity index (χ2n) is 3.42. The van der Waals surface area contributed by atoms with E-state index in [1.54, 1.807) is 23.6 Å². The average Bonchev–Trinajstić information content (AvgIpc) is 2.92. The Morgan fingerprint density at radius 2 is 2.00 bits per heavy atom. The van der Waals surface area contributed by atoms with Crippen molar-refractivity contribution < 1.29 is 14.4 Å². The summed E-state index contributed by atoms with van der Waals surface area (Å²) in [6.45, 7) is 0. The van der Waals surface area contributed by atoms with Gasteiger partial charge in [0.15, 0.2) is 0 Å². The standard InChI is InChI=1S/C12H7Cl2NO3S/c13-7-3-4-9(14)8(6-7)12(17)18-15-11(16)10-2-1-5-19-10/h1-6H,(H,15,16). The lowest BCUT2D eigenvalue weighted by atomic mass is 10.2. The fraction of sp³-hybridized carbons (Fsp3) is 0. The molecule has 0 spiro atoms. The molecule has 0 radical (unpaired) electrons. The summed E-state index contributed by atoms with van der Waals surface area (Å²) in [6.07, 6.45) is 0. The molecule has 0 saturated carbocycles. The first kappa shape index (κ1) is 13.9. The molecule has 0 aliphatic carbocycles. The molecule has 1 aromatic carbocycles. The van der Waals surface area contributed by atoms with E-state index in [-0.39, 0.29) is 10.6 Å². The van der Waals surface area contributed by atoms with E-state index in [0.29, 0.717) is 9.90 Å². The Balaban J connectivity index is 2.02. The number of carbonyl (C=O) groups is 2. The largest absolute Gasteiger partial charge is 0.364 e. The van der Waals surface area contributed by atoms with Crippen molar-refractivity contribution in [2.45, 2.75) is 0 Å². The molecule has 2 aromatic rings. The lowest BCUT2D eigenvalue weighted by molar-refractivity contribution is 0.0232. The fourth-order valence-corrected chi connectivity index (χ4v) is 2.24. The molecule has 19 heavy (non-hydrogen) atoms. The summed E-state index contributed by atoms with van der Waals surface area (Å²) in [7, 11) is 0. The van der Waals surface area contributed by atoms with Crippen LogP contribution in [0.5, 0.6) is 0 Å². The van der Waals surface area contributed by atoms with Crippen LogP contribution >= 0.6 is 34.5 Å². The minimum atomic E-state index is -0.780. The van der Waals surface area contributed by atoms with Crippen molar-refractivity contribution in [1.29, 1.82) is 0 Å². The van der Waals surface area contributed by atoms with E-state index in [1.807, 2.05) is 0 Å². The van der Waals surface area contributed by atoms with Gasteiger partial charge in [0.25, 0.3) is 5.91 Å². The Morgan fingerprint density at radius 3 is 2.68 bits per heavy atom. The third-order valence-electron chi connectivity index (χ3n) is 2.13. The molecule has 0 saturated heterocycles. The summed E-state index contributed by atoms with van der Waals surface area (Å²) in [6, 6.07) is 7.71. The van der Waals surface area contributed by atoms with Gasteiger partial charge in [-0.1, -0.05) is 29.3 Å². The van der Waals surface area contributed by atoms with Gasteiger partial charge in [-0.2, -0.15) is 5.48 Å². The molecule has 0 aliphatic heterocycles. The van der Waals surface area contributed by atoms with E-state index < -0.39 is 11.9 Å². The molecule has 7 heteroatoms. The topological polar surface area (TPSA) is 55.4 Å². The predicted molar refractivity (Wildman–Crippen MR) is 73.7 cm³/mol. The van der Waals surface area contributed by atoms with Crippen LogP contribution < -0.4 is 5.48 Å². The molecule has 98 valence electrons. The summed E-state index contributed by atoms with van der Waals surface area (Å²) >= 11 is 12.8. The number of amides is 1. The highest BCUT2D eigenvalue weighted by Gasteiger charge is 2.15. The van der Waals surface area contributed by atoms with Gasteiger partial charge in [-0.25, -0.2) is 4.79 Å². The summed E-state index contributed by atoms with van der Waals surface area (Å²) in [5, 5.41) is 2.28. The van der Waals surface area contributed by atoms with Gasteiger partial charge in [-0.05, 0) is 29.6 Å². The number of nitrogens with one attached hydrogen (secondary N) is 1. The van der Waals surface area contributed by atoms with Crippen molar-refractivity contribution in [1.82, 2.24) is 5.48 Å². The van der Waals surface area contributed by atoms with E-state index >= 15 is 0 Å². The molecule has 0 aliphatic rings. The van der Waals surface area contributed by atoms with Gasteiger partial charge in [0.2, 0.25) is 0 Å². The fourth-order valence-electron chi connectivity index (χ4n) is 1.26. The minimum Gasteiger partial charge on any atom is -0.335 e. The van der Waals surface area contributed by atoms with Crippen LogP contribution in [0.4, 0.5) is 0 Å². The maximum absolute atomic E-state index is 11.7. The van der Waals surface area contributed by atoms with Gasteiger partial charge in [0.05, 0.1) is 15.5 Å². The van der Waals surface area contributed by atoms with Crippen LogP contribution in [0.25, 0.3) is 0 Å². The van der Waals surface area contributed by atoms with Gasteiger partial charge in [0.1, 0.15) is 0 Å². The summed E-state index contributed by atoms with van der Waals surface area (Å²) < 4.78 is 0. The molecular formula is C12H7Cl2NO3S. The Morgan fingerprint density at radius 1 is 1.21 bits per heavy atom. The van der Waals surface area contributed by atoms with Gasteiger partial charge >= 0.3 is 5.97 Å². The van der Waals surface area contributed by atoms with Crippen LogP contribution in [-0.4, -0.2) is 11.9 Å². The third-order valence-corrected chi connectivity index (χ3v) is 3.56. The lowest BCUT2D eigenvalue weighted by Crippen LogP contribution is -2.26. The zero-order valence-corrected chi connectivity index (χ0v) is 11.7. The summed E-state index contributed by atoms with van der Waals surface area (Å²) in [5.41, 5.74) is 2.13. The van der Waals surface area contributed by atoms with E-state index in [0.717, 1.165) is 0 Å². The number of hydrogen-bond acceptors (Lipinski definition) is 4. The maximum Gasteiger partial charge on any atom is 0.364 e. The number of thiophene rings is 1. The zero-order valence-electron chi connectivity index (χ0n) is 9.35. The molecule has 2 rings (SSSR count). The van der Waals surface area contributed by atoms with Crippen LogP contribution in [0.1, 0.15) is 20.0 Å². The van der Waals surface area contributed by atoms with Gasteiger partial charge < -0.3 is 4.84 Å². The monoisotopic (exact) mass is 315 g/mol. The Bertz CT molecular complexity index is 613. The van der Waals surface area contributed by atoms with E-state index in [1.165, 1.54) is 23.5 Å². The first-order valence-corrected chi connectivity index (χ1v) is 6.71. The molecule has 0 unspecified atom stereocenters. The first-order chi connectivity index (χ1) is 9.08. The molecule has 4 nitrogen and oxygen atoms in total. The smallest absolute Gasteiger partial charge is 0.335 e. The molecule has 0 bridgehead atoms. The highest BCUT2D eigenvalue weighted by atomic mass is 35.5. The highest BCUT2D eigenvalue weighted by Crippen LogP contribution is 2.21. The average molecular weight is 316 g/mol. The number of hydrogen-bond donors (Lipinski definition) is 1. The van der Waals surface area contributed by atoms with E-state index in [9.17, 15) is 9.59 Å². The van der Waals surface area contributed by atoms with Gasteiger partial charge in [0, 0.05) is 5.02 Å². The number of hydroxylamine groups is 1. The second-order valence-corrected chi connectivity index (χ2v) is 5.21.